The molecule has 31 heavy (non-hydrogen) atoms. The van der Waals surface area contributed by atoms with Crippen molar-refractivity contribution in [1.29, 1.82) is 0 Å². The molecule has 2 aromatic rings. The highest BCUT2D eigenvalue weighted by molar-refractivity contribution is 14.1. The summed E-state index contributed by atoms with van der Waals surface area (Å²) in [5, 5.41) is 0. The molecule has 6 heteroatoms. The maximum Gasteiger partial charge on any atom is 0.409 e. The lowest BCUT2D eigenvalue weighted by Crippen LogP contribution is -2.36. The van der Waals surface area contributed by atoms with Crippen LogP contribution in [-0.4, -0.2) is 36.2 Å². The summed E-state index contributed by atoms with van der Waals surface area (Å²) in [5.41, 5.74) is 1.89. The number of ketones is 1. The number of carbonyl (C=O) groups excluding carboxylic acids is 2. The highest BCUT2D eigenvalue weighted by atomic mass is 127. The van der Waals surface area contributed by atoms with Crippen LogP contribution in [0.15, 0.2) is 54.6 Å². The van der Waals surface area contributed by atoms with Gasteiger partial charge in [0.05, 0.1) is 5.88 Å². The molecule has 0 aliphatic heterocycles. The first kappa shape index (κ1) is 25.7. The molecule has 4 nitrogen and oxygen atoms in total. The van der Waals surface area contributed by atoms with Crippen molar-refractivity contribution in [2.75, 3.05) is 19.5 Å². The molecule has 0 aliphatic carbocycles. The molecule has 168 valence electrons. The van der Waals surface area contributed by atoms with Crippen molar-refractivity contribution < 1.29 is 14.3 Å². The van der Waals surface area contributed by atoms with Gasteiger partial charge in [-0.1, -0.05) is 62.7 Å². The van der Waals surface area contributed by atoms with Gasteiger partial charge in [0, 0.05) is 23.1 Å². The van der Waals surface area contributed by atoms with E-state index >= 15 is 0 Å². The number of hydrogen-bond donors (Lipinski definition) is 0. The molecule has 0 aromatic heterocycles. The fourth-order valence-corrected chi connectivity index (χ4v) is 4.48. The molecule has 0 radical (unpaired) electrons. The van der Waals surface area contributed by atoms with Crippen LogP contribution in [0.1, 0.15) is 50.2 Å². The van der Waals surface area contributed by atoms with E-state index in [0.717, 1.165) is 34.0 Å². The van der Waals surface area contributed by atoms with Crippen LogP contribution in [0.3, 0.4) is 0 Å². The third kappa shape index (κ3) is 8.81. The fraction of sp³-hybridized carbons (Fsp3) is 0.440. The Morgan fingerprint density at radius 2 is 1.84 bits per heavy atom. The average molecular weight is 556 g/mol. The number of hydrogen-bond acceptors (Lipinski definition) is 3. The summed E-state index contributed by atoms with van der Waals surface area (Å²) in [5.74, 6) is -0.102. The zero-order valence-electron chi connectivity index (χ0n) is 18.4. The predicted octanol–water partition coefficient (Wildman–Crippen LogP) is 6.65. The minimum Gasteiger partial charge on any atom is -0.445 e. The molecular formula is C25H31ClINO3. The Kier molecular flexibility index (Phi) is 10.3. The van der Waals surface area contributed by atoms with E-state index in [4.69, 9.17) is 16.3 Å². The van der Waals surface area contributed by atoms with Crippen LogP contribution in [0.25, 0.3) is 0 Å². The standard InChI is InChI=1S/C25H31ClINO3/c1-25(2,18-28(3)24(30)31-17-19-9-5-4-6-10-19)14-8-13-22(23(29)16-26)20-11-7-12-21(27)15-20/h4-7,9-12,15,22H,8,13-14,16-18H2,1-3H3. The maximum atomic E-state index is 12.4. The van der Waals surface area contributed by atoms with Gasteiger partial charge >= 0.3 is 6.09 Å². The van der Waals surface area contributed by atoms with Crippen LogP contribution in [0, 0.1) is 8.99 Å². The maximum absolute atomic E-state index is 12.4. The van der Waals surface area contributed by atoms with E-state index in [1.807, 2.05) is 48.5 Å². The molecule has 1 amide bonds. The SMILES string of the molecule is CN(CC(C)(C)CCCC(C(=O)CCl)c1cccc(I)c1)C(=O)OCc1ccccc1. The van der Waals surface area contributed by atoms with E-state index in [9.17, 15) is 9.59 Å². The van der Waals surface area contributed by atoms with E-state index in [-0.39, 0.29) is 35.7 Å². The second-order valence-corrected chi connectivity index (χ2v) is 10.2. The lowest BCUT2D eigenvalue weighted by atomic mass is 9.83. The van der Waals surface area contributed by atoms with Gasteiger partial charge in [-0.25, -0.2) is 4.79 Å². The Morgan fingerprint density at radius 3 is 2.48 bits per heavy atom. The molecule has 0 spiro atoms. The number of nitrogens with zero attached hydrogens (tertiary/aromatic N) is 1. The topological polar surface area (TPSA) is 46.6 Å². The van der Waals surface area contributed by atoms with Gasteiger partial charge in [-0.05, 0) is 64.1 Å². The molecule has 0 N–H and O–H groups in total. The molecule has 0 heterocycles. The number of alkyl halides is 1. The second kappa shape index (κ2) is 12.4. The molecular weight excluding hydrogens is 525 g/mol. The number of carbonyl (C=O) groups is 2. The Hall–Kier alpha value is -1.60. The predicted molar refractivity (Wildman–Crippen MR) is 135 cm³/mol. The molecule has 1 unspecified atom stereocenters. The van der Waals surface area contributed by atoms with Crippen LogP contribution in [0.4, 0.5) is 4.79 Å². The molecule has 0 fully saturated rings. The van der Waals surface area contributed by atoms with Crippen LogP contribution in [0.2, 0.25) is 0 Å². The van der Waals surface area contributed by atoms with E-state index in [0.29, 0.717) is 6.54 Å². The molecule has 0 aliphatic rings. The molecule has 0 bridgehead atoms. The monoisotopic (exact) mass is 555 g/mol. The first-order valence-corrected chi connectivity index (χ1v) is 12.1. The van der Waals surface area contributed by atoms with Crippen molar-refractivity contribution in [1.82, 2.24) is 4.90 Å². The van der Waals surface area contributed by atoms with Gasteiger partial charge < -0.3 is 9.64 Å². The van der Waals surface area contributed by atoms with Gasteiger partial charge in [-0.3, -0.25) is 4.79 Å². The van der Waals surface area contributed by atoms with Crippen molar-refractivity contribution in [2.45, 2.75) is 45.6 Å². The summed E-state index contributed by atoms with van der Waals surface area (Å²) < 4.78 is 6.53. The second-order valence-electron chi connectivity index (χ2n) is 8.66. The van der Waals surface area contributed by atoms with E-state index in [1.165, 1.54) is 0 Å². The van der Waals surface area contributed by atoms with E-state index in [2.05, 4.69) is 42.5 Å². The van der Waals surface area contributed by atoms with Crippen molar-refractivity contribution in [3.8, 4) is 0 Å². The number of amides is 1. The van der Waals surface area contributed by atoms with Crippen molar-refractivity contribution in [2.24, 2.45) is 5.41 Å². The molecule has 0 saturated carbocycles. The number of ether oxygens (including phenoxy) is 1. The quantitative estimate of drug-likeness (QED) is 0.230. The van der Waals surface area contributed by atoms with Gasteiger partial charge in [0.1, 0.15) is 6.61 Å². The summed E-state index contributed by atoms with van der Waals surface area (Å²) >= 11 is 8.13. The third-order valence-electron chi connectivity index (χ3n) is 5.30. The first-order chi connectivity index (χ1) is 14.7. The van der Waals surface area contributed by atoms with Gasteiger partial charge in [0.25, 0.3) is 0 Å². The minimum atomic E-state index is -0.328. The largest absolute Gasteiger partial charge is 0.445 e. The number of halogens is 2. The first-order valence-electron chi connectivity index (χ1n) is 10.5. The summed E-state index contributed by atoms with van der Waals surface area (Å²) in [6.07, 6.45) is 2.18. The van der Waals surface area contributed by atoms with Crippen LogP contribution in [0.5, 0.6) is 0 Å². The number of benzene rings is 2. The third-order valence-corrected chi connectivity index (χ3v) is 6.23. The van der Waals surface area contributed by atoms with Crippen LogP contribution >= 0.6 is 34.2 Å². The van der Waals surface area contributed by atoms with Gasteiger partial charge in [0.2, 0.25) is 0 Å². The summed E-state index contributed by atoms with van der Waals surface area (Å²) in [7, 11) is 1.76. The number of rotatable bonds is 11. The minimum absolute atomic E-state index is 0.0233. The summed E-state index contributed by atoms with van der Waals surface area (Å²) in [4.78, 5) is 26.4. The normalized spacial score (nSPS) is 12.3. The molecule has 0 saturated heterocycles. The van der Waals surface area contributed by atoms with Crippen molar-refractivity contribution >= 4 is 46.1 Å². The van der Waals surface area contributed by atoms with Crippen LogP contribution in [-0.2, 0) is 16.1 Å². The van der Waals surface area contributed by atoms with Crippen molar-refractivity contribution in [3.05, 3.63) is 69.3 Å². The Bertz CT molecular complexity index is 857. The Morgan fingerprint density at radius 1 is 1.13 bits per heavy atom. The van der Waals surface area contributed by atoms with E-state index in [1.54, 1.807) is 11.9 Å². The van der Waals surface area contributed by atoms with Crippen molar-refractivity contribution in [3.63, 3.8) is 0 Å². The Labute approximate surface area is 204 Å². The summed E-state index contributed by atoms with van der Waals surface area (Å²) in [6.45, 7) is 5.12. The average Bonchev–Trinajstić information content (AvgIpc) is 2.74. The molecule has 2 aromatic carbocycles. The van der Waals surface area contributed by atoms with Crippen LogP contribution < -0.4 is 0 Å². The lowest BCUT2D eigenvalue weighted by molar-refractivity contribution is -0.118. The zero-order chi connectivity index (χ0) is 22.9. The highest BCUT2D eigenvalue weighted by Gasteiger charge is 2.25. The fourth-order valence-electron chi connectivity index (χ4n) is 3.73. The molecule has 2 rings (SSSR count). The summed E-state index contributed by atoms with van der Waals surface area (Å²) in [6, 6.07) is 17.7. The van der Waals surface area contributed by atoms with E-state index < -0.39 is 0 Å². The van der Waals surface area contributed by atoms with Gasteiger partial charge in [0.15, 0.2) is 5.78 Å². The van der Waals surface area contributed by atoms with Gasteiger partial charge in [-0.15, -0.1) is 11.6 Å². The smallest absolute Gasteiger partial charge is 0.409 e. The highest BCUT2D eigenvalue weighted by Crippen LogP contribution is 2.30. The lowest BCUT2D eigenvalue weighted by Gasteiger charge is -2.30. The molecule has 1 atom stereocenters. The number of Topliss-reactive ketones (excluding diaryl/α,β-unsaturated/α-hetero) is 1. The Balaban J connectivity index is 1.86. The van der Waals surface area contributed by atoms with Gasteiger partial charge in [-0.2, -0.15) is 0 Å². The zero-order valence-corrected chi connectivity index (χ0v) is 21.4.